The average Bonchev–Trinajstić information content (AvgIpc) is 2.55. The van der Waals surface area contributed by atoms with Gasteiger partial charge in [0.25, 0.3) is 0 Å². The smallest absolute Gasteiger partial charge is 0.131 e. The number of aryl methyl sites for hydroxylation is 2. The van der Waals surface area contributed by atoms with E-state index in [0.717, 1.165) is 36.2 Å². The number of nitrogens with zero attached hydrogens (tertiary/aromatic N) is 4. The molecule has 0 aliphatic carbocycles. The summed E-state index contributed by atoms with van der Waals surface area (Å²) < 4.78 is 5.92. The Labute approximate surface area is 130 Å². The molecule has 1 aliphatic rings. The SMILES string of the molecule is CNc1cc([C@H]2CN(c3ncccc3C)CCO2)nc(C)n1. The van der Waals surface area contributed by atoms with Crippen LogP contribution in [-0.2, 0) is 4.74 Å². The maximum Gasteiger partial charge on any atom is 0.131 e. The summed E-state index contributed by atoms with van der Waals surface area (Å²) in [5.41, 5.74) is 2.09. The molecule has 22 heavy (non-hydrogen) atoms. The summed E-state index contributed by atoms with van der Waals surface area (Å²) in [5, 5.41) is 3.07. The highest BCUT2D eigenvalue weighted by atomic mass is 16.5. The third-order valence-electron chi connectivity index (χ3n) is 3.79. The van der Waals surface area contributed by atoms with Gasteiger partial charge in [0.05, 0.1) is 18.8 Å². The molecule has 0 bridgehead atoms. The second-order valence-electron chi connectivity index (χ2n) is 5.42. The molecule has 2 aromatic rings. The molecule has 1 aliphatic heterocycles. The highest BCUT2D eigenvalue weighted by Crippen LogP contribution is 2.26. The Morgan fingerprint density at radius 1 is 1.32 bits per heavy atom. The summed E-state index contributed by atoms with van der Waals surface area (Å²) in [4.78, 5) is 15.6. The highest BCUT2D eigenvalue weighted by Gasteiger charge is 2.25. The minimum atomic E-state index is -0.0658. The van der Waals surface area contributed by atoms with E-state index in [4.69, 9.17) is 4.74 Å². The van der Waals surface area contributed by atoms with Crippen molar-refractivity contribution in [1.82, 2.24) is 15.0 Å². The summed E-state index contributed by atoms with van der Waals surface area (Å²) in [6.07, 6.45) is 1.77. The van der Waals surface area contributed by atoms with Crippen LogP contribution in [0.1, 0.15) is 23.2 Å². The van der Waals surface area contributed by atoms with Crippen molar-refractivity contribution in [3.05, 3.63) is 41.5 Å². The standard InChI is InChI=1S/C16H21N5O/c1-11-5-4-6-18-16(11)21-7-8-22-14(10-21)13-9-15(17-3)20-12(2)19-13/h4-6,9,14H,7-8,10H2,1-3H3,(H,17,19,20)/t14-/m1/s1. The van der Waals surface area contributed by atoms with E-state index < -0.39 is 0 Å². The Bertz CT molecular complexity index is 661. The Morgan fingerprint density at radius 3 is 2.95 bits per heavy atom. The predicted octanol–water partition coefficient (Wildman–Crippen LogP) is 2.11. The summed E-state index contributed by atoms with van der Waals surface area (Å²) in [7, 11) is 1.86. The first-order valence-corrected chi connectivity index (χ1v) is 7.49. The maximum atomic E-state index is 5.92. The van der Waals surface area contributed by atoms with Gasteiger partial charge in [-0.25, -0.2) is 15.0 Å². The molecule has 3 heterocycles. The lowest BCUT2D eigenvalue weighted by Crippen LogP contribution is -2.39. The van der Waals surface area contributed by atoms with Crippen molar-refractivity contribution in [2.75, 3.05) is 37.0 Å². The molecular weight excluding hydrogens is 278 g/mol. The van der Waals surface area contributed by atoms with Crippen LogP contribution in [0.5, 0.6) is 0 Å². The summed E-state index contributed by atoms with van der Waals surface area (Å²) in [6.45, 7) is 6.24. The fourth-order valence-corrected chi connectivity index (χ4v) is 2.71. The Kier molecular flexibility index (Phi) is 4.20. The second-order valence-corrected chi connectivity index (χ2v) is 5.42. The number of ether oxygens (including phenoxy) is 1. The summed E-state index contributed by atoms with van der Waals surface area (Å²) in [6, 6.07) is 6.00. The van der Waals surface area contributed by atoms with E-state index in [0.29, 0.717) is 6.61 Å². The maximum absolute atomic E-state index is 5.92. The Morgan fingerprint density at radius 2 is 2.18 bits per heavy atom. The third kappa shape index (κ3) is 3.01. The van der Waals surface area contributed by atoms with E-state index in [1.54, 1.807) is 0 Å². The third-order valence-corrected chi connectivity index (χ3v) is 3.79. The van der Waals surface area contributed by atoms with Gasteiger partial charge in [-0.05, 0) is 25.5 Å². The lowest BCUT2D eigenvalue weighted by molar-refractivity contribution is 0.0366. The molecule has 1 saturated heterocycles. The average molecular weight is 299 g/mol. The topological polar surface area (TPSA) is 63.2 Å². The first-order chi connectivity index (χ1) is 10.7. The van der Waals surface area contributed by atoms with Crippen LogP contribution in [0.2, 0.25) is 0 Å². The summed E-state index contributed by atoms with van der Waals surface area (Å²) >= 11 is 0. The van der Waals surface area contributed by atoms with Gasteiger partial charge in [0.1, 0.15) is 23.6 Å². The molecule has 0 aromatic carbocycles. The molecule has 6 heteroatoms. The van der Waals surface area contributed by atoms with Crippen LogP contribution in [0.25, 0.3) is 0 Å². The number of hydrogen-bond donors (Lipinski definition) is 1. The zero-order valence-electron chi connectivity index (χ0n) is 13.2. The number of pyridine rings is 1. The molecule has 0 unspecified atom stereocenters. The Hall–Kier alpha value is -2.21. The minimum Gasteiger partial charge on any atom is -0.373 e. The van der Waals surface area contributed by atoms with Gasteiger partial charge >= 0.3 is 0 Å². The number of nitrogens with one attached hydrogen (secondary N) is 1. The van der Waals surface area contributed by atoms with E-state index in [2.05, 4.69) is 38.2 Å². The van der Waals surface area contributed by atoms with Crippen LogP contribution in [0.15, 0.2) is 24.4 Å². The van der Waals surface area contributed by atoms with E-state index in [9.17, 15) is 0 Å². The number of aromatic nitrogens is 3. The molecule has 0 amide bonds. The van der Waals surface area contributed by atoms with E-state index in [-0.39, 0.29) is 6.10 Å². The molecule has 0 saturated carbocycles. The molecule has 116 valence electrons. The predicted molar refractivity (Wildman–Crippen MR) is 86.2 cm³/mol. The quantitative estimate of drug-likeness (QED) is 0.936. The lowest BCUT2D eigenvalue weighted by atomic mass is 10.1. The zero-order valence-corrected chi connectivity index (χ0v) is 13.2. The van der Waals surface area contributed by atoms with Crippen LogP contribution < -0.4 is 10.2 Å². The number of anilines is 2. The normalized spacial score (nSPS) is 18.3. The van der Waals surface area contributed by atoms with Crippen molar-refractivity contribution in [2.45, 2.75) is 20.0 Å². The van der Waals surface area contributed by atoms with Crippen molar-refractivity contribution < 1.29 is 4.74 Å². The van der Waals surface area contributed by atoms with Crippen molar-refractivity contribution in [3.8, 4) is 0 Å². The van der Waals surface area contributed by atoms with Gasteiger partial charge in [-0.2, -0.15) is 0 Å². The first kappa shape index (κ1) is 14.7. The molecule has 3 rings (SSSR count). The molecule has 1 atom stereocenters. The fraction of sp³-hybridized carbons (Fsp3) is 0.438. The second kappa shape index (κ2) is 6.27. The van der Waals surface area contributed by atoms with Crippen molar-refractivity contribution >= 4 is 11.6 Å². The van der Waals surface area contributed by atoms with Crippen LogP contribution in [0.3, 0.4) is 0 Å². The van der Waals surface area contributed by atoms with Gasteiger partial charge in [0.2, 0.25) is 0 Å². The summed E-state index contributed by atoms with van der Waals surface area (Å²) in [5.74, 6) is 2.59. The number of morpholine rings is 1. The van der Waals surface area contributed by atoms with Gasteiger partial charge in [-0.1, -0.05) is 6.07 Å². The number of hydrogen-bond acceptors (Lipinski definition) is 6. The molecule has 1 N–H and O–H groups in total. The molecule has 0 radical (unpaired) electrons. The van der Waals surface area contributed by atoms with Crippen molar-refractivity contribution in [3.63, 3.8) is 0 Å². The van der Waals surface area contributed by atoms with Crippen LogP contribution >= 0.6 is 0 Å². The van der Waals surface area contributed by atoms with E-state index in [1.165, 1.54) is 5.56 Å². The molecule has 0 spiro atoms. The van der Waals surface area contributed by atoms with Gasteiger partial charge in [-0.15, -0.1) is 0 Å². The first-order valence-electron chi connectivity index (χ1n) is 7.49. The fourth-order valence-electron chi connectivity index (χ4n) is 2.71. The van der Waals surface area contributed by atoms with Gasteiger partial charge in [0.15, 0.2) is 0 Å². The van der Waals surface area contributed by atoms with Gasteiger partial charge < -0.3 is 15.0 Å². The lowest BCUT2D eigenvalue weighted by Gasteiger charge is -2.34. The highest BCUT2D eigenvalue weighted by molar-refractivity contribution is 5.46. The minimum absolute atomic E-state index is 0.0658. The monoisotopic (exact) mass is 299 g/mol. The zero-order chi connectivity index (χ0) is 15.5. The van der Waals surface area contributed by atoms with Crippen molar-refractivity contribution in [1.29, 1.82) is 0 Å². The molecule has 2 aromatic heterocycles. The van der Waals surface area contributed by atoms with Gasteiger partial charge in [-0.3, -0.25) is 0 Å². The van der Waals surface area contributed by atoms with Crippen LogP contribution in [0.4, 0.5) is 11.6 Å². The molecule has 1 fully saturated rings. The molecular formula is C16H21N5O. The number of rotatable bonds is 3. The van der Waals surface area contributed by atoms with Gasteiger partial charge in [0, 0.05) is 25.9 Å². The van der Waals surface area contributed by atoms with Crippen LogP contribution in [-0.4, -0.2) is 41.7 Å². The largest absolute Gasteiger partial charge is 0.373 e. The van der Waals surface area contributed by atoms with Crippen molar-refractivity contribution in [2.24, 2.45) is 0 Å². The van der Waals surface area contributed by atoms with E-state index in [1.807, 2.05) is 32.3 Å². The molecule has 6 nitrogen and oxygen atoms in total. The van der Waals surface area contributed by atoms with Crippen LogP contribution in [0, 0.1) is 13.8 Å². The Balaban J connectivity index is 1.84. The van der Waals surface area contributed by atoms with E-state index >= 15 is 0 Å².